The van der Waals surface area contributed by atoms with Gasteiger partial charge in [-0.3, -0.25) is 34.2 Å². The largest absolute Gasteiger partial charge is 0.463 e. The first-order valence-corrected chi connectivity index (χ1v) is 17.8. The number of ether oxygens (including phenoxy) is 10. The van der Waals surface area contributed by atoms with E-state index in [1.807, 2.05) is 0 Å². The Bertz CT molecular complexity index is 1270. The molecule has 53 heavy (non-hydrogen) atoms. The summed E-state index contributed by atoms with van der Waals surface area (Å²) in [5, 5.41) is 5.32. The summed E-state index contributed by atoms with van der Waals surface area (Å²) in [6.45, 7) is 9.70. The molecule has 4 amide bonds. The Balaban J connectivity index is 1.03. The number of piperidine rings is 1. The molecular weight excluding hydrogens is 702 g/mol. The molecule has 2 N–H and O–H groups in total. The Labute approximate surface area is 309 Å². The third kappa shape index (κ3) is 17.4. The van der Waals surface area contributed by atoms with Gasteiger partial charge in [0.25, 0.3) is 11.8 Å². The van der Waals surface area contributed by atoms with E-state index in [1.165, 1.54) is 6.92 Å². The Hall–Kier alpha value is -3.59. The Morgan fingerprint density at radius 3 is 1.51 bits per heavy atom. The molecule has 1 aromatic carbocycles. The van der Waals surface area contributed by atoms with E-state index in [0.29, 0.717) is 131 Å². The second kappa shape index (κ2) is 27.1. The number of imide groups is 2. The molecule has 0 aromatic heterocycles. The van der Waals surface area contributed by atoms with Gasteiger partial charge in [0, 0.05) is 25.6 Å². The van der Waals surface area contributed by atoms with Crippen LogP contribution in [0.5, 0.6) is 0 Å². The molecule has 3 rings (SSSR count). The Morgan fingerprint density at radius 2 is 1.08 bits per heavy atom. The third-order valence-corrected chi connectivity index (χ3v) is 7.54. The highest BCUT2D eigenvalue weighted by Crippen LogP contribution is 2.32. The van der Waals surface area contributed by atoms with E-state index >= 15 is 0 Å². The van der Waals surface area contributed by atoms with Crippen LogP contribution in [0.1, 0.15) is 40.5 Å². The minimum Gasteiger partial charge on any atom is -0.463 e. The van der Waals surface area contributed by atoms with E-state index in [2.05, 4.69) is 10.6 Å². The van der Waals surface area contributed by atoms with E-state index in [0.717, 1.165) is 4.90 Å². The molecule has 2 aliphatic heterocycles. The number of carbonyl (C=O) groups excluding carboxylic acids is 5. The molecule has 298 valence electrons. The first-order valence-electron chi connectivity index (χ1n) is 17.8. The summed E-state index contributed by atoms with van der Waals surface area (Å²) < 4.78 is 53.8. The summed E-state index contributed by atoms with van der Waals surface area (Å²) in [5.74, 6) is -2.50. The second-order valence-electron chi connectivity index (χ2n) is 11.5. The number of hydrogen-bond acceptors (Lipinski definition) is 16. The highest BCUT2D eigenvalue weighted by molar-refractivity contribution is 6.25. The van der Waals surface area contributed by atoms with Crippen molar-refractivity contribution < 1.29 is 71.3 Å². The molecule has 2 aliphatic rings. The quantitative estimate of drug-likeness (QED) is 0.0573. The molecule has 0 aliphatic carbocycles. The maximum atomic E-state index is 13.1. The second-order valence-corrected chi connectivity index (χ2v) is 11.5. The molecule has 18 nitrogen and oxygen atoms in total. The summed E-state index contributed by atoms with van der Waals surface area (Å²) >= 11 is 0. The van der Waals surface area contributed by atoms with Crippen molar-refractivity contribution in [3.63, 3.8) is 0 Å². The Kier molecular flexibility index (Phi) is 22.4. The van der Waals surface area contributed by atoms with Crippen molar-refractivity contribution in [1.82, 2.24) is 10.2 Å². The summed E-state index contributed by atoms with van der Waals surface area (Å²) in [6.07, 6.45) is 0.165. The van der Waals surface area contributed by atoms with Crippen LogP contribution in [0.15, 0.2) is 18.2 Å². The number of amides is 4. The SMILES string of the molecule is CC(=O)OCCOCCOCCOCCOCCOCCOCCOCCOCCOCCNc1cccc2c1C(=O)N(C1CCC(=O)NC1=O)C2=O. The van der Waals surface area contributed by atoms with Gasteiger partial charge in [0.2, 0.25) is 11.8 Å². The van der Waals surface area contributed by atoms with Gasteiger partial charge in [-0.05, 0) is 18.6 Å². The van der Waals surface area contributed by atoms with Crippen molar-refractivity contribution in [2.24, 2.45) is 0 Å². The van der Waals surface area contributed by atoms with Crippen LogP contribution in [0.2, 0.25) is 0 Å². The van der Waals surface area contributed by atoms with Crippen molar-refractivity contribution in [2.75, 3.05) is 137 Å². The number of anilines is 1. The topological polar surface area (TPSA) is 205 Å². The fourth-order valence-corrected chi connectivity index (χ4v) is 5.03. The van der Waals surface area contributed by atoms with E-state index in [-0.39, 0.29) is 36.5 Å². The molecule has 0 bridgehead atoms. The lowest BCUT2D eigenvalue weighted by Crippen LogP contribution is -2.54. The fraction of sp³-hybridized carbons (Fsp3) is 0.686. The van der Waals surface area contributed by atoms with E-state index in [4.69, 9.17) is 47.4 Å². The predicted octanol–water partition coefficient (Wildman–Crippen LogP) is 0.212. The van der Waals surface area contributed by atoms with Crippen molar-refractivity contribution >= 4 is 35.3 Å². The molecule has 0 saturated carbocycles. The van der Waals surface area contributed by atoms with Gasteiger partial charge in [-0.2, -0.15) is 0 Å². The van der Waals surface area contributed by atoms with Gasteiger partial charge in [-0.1, -0.05) is 6.07 Å². The van der Waals surface area contributed by atoms with E-state index < -0.39 is 29.7 Å². The minimum absolute atomic E-state index is 0.0634. The predicted molar refractivity (Wildman–Crippen MR) is 186 cm³/mol. The van der Waals surface area contributed by atoms with Gasteiger partial charge in [0.15, 0.2) is 0 Å². The molecule has 1 fully saturated rings. The van der Waals surface area contributed by atoms with Crippen LogP contribution < -0.4 is 10.6 Å². The molecule has 18 heteroatoms. The lowest BCUT2D eigenvalue weighted by molar-refractivity contribution is -0.142. The zero-order valence-corrected chi connectivity index (χ0v) is 30.4. The molecule has 1 saturated heterocycles. The van der Waals surface area contributed by atoms with Crippen LogP contribution in [-0.4, -0.2) is 173 Å². The van der Waals surface area contributed by atoms with Crippen molar-refractivity contribution in [1.29, 1.82) is 0 Å². The number of benzene rings is 1. The number of esters is 1. The van der Waals surface area contributed by atoms with E-state index in [1.54, 1.807) is 18.2 Å². The van der Waals surface area contributed by atoms with Crippen molar-refractivity contribution in [3.05, 3.63) is 29.3 Å². The molecule has 1 atom stereocenters. The Morgan fingerprint density at radius 1 is 0.642 bits per heavy atom. The molecule has 0 spiro atoms. The summed E-state index contributed by atoms with van der Waals surface area (Å²) in [4.78, 5) is 61.4. The van der Waals surface area contributed by atoms with Crippen molar-refractivity contribution in [3.8, 4) is 0 Å². The molecule has 2 heterocycles. The normalized spacial score (nSPS) is 15.6. The highest BCUT2D eigenvalue weighted by Gasteiger charge is 2.45. The minimum atomic E-state index is -1.01. The summed E-state index contributed by atoms with van der Waals surface area (Å²) in [7, 11) is 0. The first kappa shape index (κ1) is 43.8. The van der Waals surface area contributed by atoms with Crippen LogP contribution >= 0.6 is 0 Å². The maximum Gasteiger partial charge on any atom is 0.302 e. The van der Waals surface area contributed by atoms with Gasteiger partial charge in [-0.15, -0.1) is 0 Å². The molecule has 1 unspecified atom stereocenters. The zero-order valence-electron chi connectivity index (χ0n) is 30.4. The number of nitrogens with one attached hydrogen (secondary N) is 2. The van der Waals surface area contributed by atoms with Gasteiger partial charge < -0.3 is 52.7 Å². The number of fused-ring (bicyclic) bond motifs is 1. The molecule has 1 aromatic rings. The average Bonchev–Trinajstić information content (AvgIpc) is 3.39. The lowest BCUT2D eigenvalue weighted by Gasteiger charge is -2.27. The number of carbonyl (C=O) groups is 5. The monoisotopic (exact) mass is 755 g/mol. The first-order chi connectivity index (χ1) is 25.9. The van der Waals surface area contributed by atoms with Crippen LogP contribution in [-0.2, 0) is 61.8 Å². The number of rotatable bonds is 32. The maximum absolute atomic E-state index is 13.1. The lowest BCUT2D eigenvalue weighted by atomic mass is 10.0. The standard InChI is InChI=1S/C35H53N3O15/c1-27(39)53-26-25-52-24-23-51-22-21-50-20-19-49-18-17-48-16-15-47-14-13-46-12-11-45-10-9-44-8-7-36-29-4-2-3-28-32(29)35(43)38(34(28)42)30-5-6-31(40)37-33(30)41/h2-4,30,36H,5-26H2,1H3,(H,37,40,41). The van der Waals surface area contributed by atoms with Crippen LogP contribution in [0.25, 0.3) is 0 Å². The number of nitrogens with zero attached hydrogens (tertiary/aromatic N) is 1. The van der Waals surface area contributed by atoms with Gasteiger partial charge in [0.05, 0.1) is 130 Å². The van der Waals surface area contributed by atoms with Crippen LogP contribution in [0.4, 0.5) is 5.69 Å². The van der Waals surface area contributed by atoms with Gasteiger partial charge >= 0.3 is 5.97 Å². The van der Waals surface area contributed by atoms with Crippen molar-refractivity contribution in [2.45, 2.75) is 25.8 Å². The van der Waals surface area contributed by atoms with Gasteiger partial charge in [0.1, 0.15) is 12.6 Å². The zero-order chi connectivity index (χ0) is 37.9. The van der Waals surface area contributed by atoms with E-state index in [9.17, 15) is 24.0 Å². The summed E-state index contributed by atoms with van der Waals surface area (Å²) in [5.41, 5.74) is 0.897. The van der Waals surface area contributed by atoms with Gasteiger partial charge in [-0.25, -0.2) is 0 Å². The highest BCUT2D eigenvalue weighted by atomic mass is 16.6. The number of hydrogen-bond donors (Lipinski definition) is 2. The average molecular weight is 756 g/mol. The smallest absolute Gasteiger partial charge is 0.302 e. The van der Waals surface area contributed by atoms with Crippen LogP contribution in [0, 0.1) is 0 Å². The summed E-state index contributed by atoms with van der Waals surface area (Å²) in [6, 6.07) is 3.89. The fourth-order valence-electron chi connectivity index (χ4n) is 5.03. The molecule has 0 radical (unpaired) electrons. The van der Waals surface area contributed by atoms with Crippen LogP contribution in [0.3, 0.4) is 0 Å². The molecular formula is C35H53N3O15. The third-order valence-electron chi connectivity index (χ3n) is 7.54.